The minimum atomic E-state index is -1.19. The van der Waals surface area contributed by atoms with E-state index in [9.17, 15) is 23.5 Å². The van der Waals surface area contributed by atoms with Crippen molar-refractivity contribution < 1.29 is 23.5 Å². The lowest BCUT2D eigenvalue weighted by atomic mass is 9.76. The Hall–Kier alpha value is -1.98. The summed E-state index contributed by atoms with van der Waals surface area (Å²) in [5.74, 6) is -4.08. The molecule has 1 unspecified atom stereocenters. The molecular formula is C15H17F2NO3. The Balaban J connectivity index is 2.27. The number of aliphatic carboxylic acids is 1. The molecule has 1 aromatic rings. The minimum absolute atomic E-state index is 0.00872. The van der Waals surface area contributed by atoms with E-state index in [4.69, 9.17) is 0 Å². The quantitative estimate of drug-likeness (QED) is 0.932. The molecule has 1 N–H and O–H groups in total. The molecular weight excluding hydrogens is 280 g/mol. The van der Waals surface area contributed by atoms with Crippen LogP contribution in [-0.4, -0.2) is 35.0 Å². The number of carbonyl (C=O) groups excluding carboxylic acids is 1. The Labute approximate surface area is 121 Å². The van der Waals surface area contributed by atoms with Crippen molar-refractivity contribution in [1.82, 2.24) is 4.90 Å². The Morgan fingerprint density at radius 2 is 2.00 bits per heavy atom. The molecule has 1 aliphatic heterocycles. The van der Waals surface area contributed by atoms with Crippen LogP contribution >= 0.6 is 0 Å². The molecule has 1 aliphatic rings. The molecule has 6 heteroatoms. The normalized spacial score (nSPS) is 21.9. The summed E-state index contributed by atoms with van der Waals surface area (Å²) in [7, 11) is 0. The first-order chi connectivity index (χ1) is 9.79. The third-order valence-electron chi connectivity index (χ3n) is 4.30. The highest BCUT2D eigenvalue weighted by atomic mass is 19.2. The van der Waals surface area contributed by atoms with E-state index < -0.39 is 28.9 Å². The van der Waals surface area contributed by atoms with Crippen LogP contribution in [0.15, 0.2) is 18.2 Å². The van der Waals surface area contributed by atoms with E-state index in [1.807, 2.05) is 0 Å². The van der Waals surface area contributed by atoms with E-state index in [0.717, 1.165) is 6.07 Å². The van der Waals surface area contributed by atoms with Crippen LogP contribution < -0.4 is 0 Å². The SMILES string of the molecule is CC(C)C1(C(=O)O)CCN(C(=O)c2cccc(F)c2F)C1. The number of nitrogens with zero attached hydrogens (tertiary/aromatic N) is 1. The zero-order chi connectivity index (χ0) is 15.8. The highest BCUT2D eigenvalue weighted by molar-refractivity contribution is 5.95. The van der Waals surface area contributed by atoms with Gasteiger partial charge in [0, 0.05) is 13.1 Å². The van der Waals surface area contributed by atoms with E-state index in [0.29, 0.717) is 6.42 Å². The standard InChI is InChI=1S/C15H17F2NO3/c1-9(2)15(14(20)21)6-7-18(8-15)13(19)10-4-3-5-11(16)12(10)17/h3-5,9H,6-8H2,1-2H3,(H,20,21). The maximum Gasteiger partial charge on any atom is 0.311 e. The van der Waals surface area contributed by atoms with E-state index >= 15 is 0 Å². The predicted molar refractivity (Wildman–Crippen MR) is 71.8 cm³/mol. The summed E-state index contributed by atoms with van der Waals surface area (Å²) in [4.78, 5) is 25.1. The zero-order valence-corrected chi connectivity index (χ0v) is 11.9. The molecule has 1 fully saturated rings. The maximum absolute atomic E-state index is 13.7. The Kier molecular flexibility index (Phi) is 3.98. The third-order valence-corrected chi connectivity index (χ3v) is 4.30. The Morgan fingerprint density at radius 3 is 2.52 bits per heavy atom. The molecule has 0 aliphatic carbocycles. The first-order valence-corrected chi connectivity index (χ1v) is 6.76. The van der Waals surface area contributed by atoms with Crippen molar-refractivity contribution in [3.8, 4) is 0 Å². The summed E-state index contributed by atoms with van der Waals surface area (Å²) in [6, 6.07) is 3.40. The highest BCUT2D eigenvalue weighted by Gasteiger charge is 2.48. The van der Waals surface area contributed by atoms with Gasteiger partial charge in [0.15, 0.2) is 11.6 Å². The topological polar surface area (TPSA) is 57.6 Å². The van der Waals surface area contributed by atoms with Crippen molar-refractivity contribution in [1.29, 1.82) is 0 Å². The molecule has 0 radical (unpaired) electrons. The van der Waals surface area contributed by atoms with Gasteiger partial charge in [0.05, 0.1) is 11.0 Å². The number of carboxylic acid groups (broad SMARTS) is 1. The lowest BCUT2D eigenvalue weighted by Gasteiger charge is -2.28. The van der Waals surface area contributed by atoms with Gasteiger partial charge in [-0.3, -0.25) is 9.59 Å². The van der Waals surface area contributed by atoms with Crippen LogP contribution in [-0.2, 0) is 4.79 Å². The molecule has 1 saturated heterocycles. The number of halogens is 2. The molecule has 0 saturated carbocycles. The number of hydrogen-bond donors (Lipinski definition) is 1. The second-order valence-corrected chi connectivity index (χ2v) is 5.69. The van der Waals surface area contributed by atoms with Crippen LogP contribution in [0, 0.1) is 23.0 Å². The molecule has 0 bridgehead atoms. The second kappa shape index (κ2) is 5.42. The Bertz CT molecular complexity index is 588. The fraction of sp³-hybridized carbons (Fsp3) is 0.467. The molecule has 2 rings (SSSR count). The summed E-state index contributed by atoms with van der Waals surface area (Å²) in [6.07, 6.45) is 0.308. The predicted octanol–water partition coefficient (Wildman–Crippen LogP) is 2.54. The minimum Gasteiger partial charge on any atom is -0.481 e. The molecule has 0 spiro atoms. The summed E-state index contributed by atoms with van der Waals surface area (Å²) in [5.41, 5.74) is -1.39. The molecule has 0 aromatic heterocycles. The van der Waals surface area contributed by atoms with E-state index in [1.165, 1.54) is 17.0 Å². The fourth-order valence-corrected chi connectivity index (χ4v) is 2.74. The van der Waals surface area contributed by atoms with Crippen molar-refractivity contribution >= 4 is 11.9 Å². The molecule has 1 heterocycles. The van der Waals surface area contributed by atoms with E-state index in [-0.39, 0.29) is 24.6 Å². The molecule has 114 valence electrons. The average Bonchev–Trinajstić information content (AvgIpc) is 2.87. The van der Waals surface area contributed by atoms with Gasteiger partial charge < -0.3 is 10.0 Å². The lowest BCUT2D eigenvalue weighted by molar-refractivity contribution is -0.150. The number of carboxylic acids is 1. The summed E-state index contributed by atoms with van der Waals surface area (Å²) in [5, 5.41) is 9.43. The zero-order valence-electron chi connectivity index (χ0n) is 11.9. The van der Waals surface area contributed by atoms with Gasteiger partial charge in [0.25, 0.3) is 5.91 Å². The van der Waals surface area contributed by atoms with Crippen LogP contribution in [0.4, 0.5) is 8.78 Å². The van der Waals surface area contributed by atoms with Gasteiger partial charge in [-0.05, 0) is 24.5 Å². The second-order valence-electron chi connectivity index (χ2n) is 5.69. The smallest absolute Gasteiger partial charge is 0.311 e. The van der Waals surface area contributed by atoms with Gasteiger partial charge in [-0.25, -0.2) is 8.78 Å². The monoisotopic (exact) mass is 297 g/mol. The summed E-state index contributed by atoms with van der Waals surface area (Å²) in [6.45, 7) is 3.80. The number of carbonyl (C=O) groups is 2. The van der Waals surface area contributed by atoms with Crippen molar-refractivity contribution in [2.75, 3.05) is 13.1 Å². The molecule has 1 amide bonds. The largest absolute Gasteiger partial charge is 0.481 e. The molecule has 1 atom stereocenters. The van der Waals surface area contributed by atoms with Crippen LogP contribution in [0.3, 0.4) is 0 Å². The molecule has 1 aromatic carbocycles. The number of amides is 1. The highest BCUT2D eigenvalue weighted by Crippen LogP contribution is 2.38. The lowest BCUT2D eigenvalue weighted by Crippen LogP contribution is -2.40. The maximum atomic E-state index is 13.7. The van der Waals surface area contributed by atoms with E-state index in [1.54, 1.807) is 13.8 Å². The van der Waals surface area contributed by atoms with Crippen molar-refractivity contribution in [3.63, 3.8) is 0 Å². The van der Waals surface area contributed by atoms with Crippen molar-refractivity contribution in [3.05, 3.63) is 35.4 Å². The number of hydrogen-bond acceptors (Lipinski definition) is 2. The van der Waals surface area contributed by atoms with Crippen LogP contribution in [0.2, 0.25) is 0 Å². The number of benzene rings is 1. The Morgan fingerprint density at radius 1 is 1.33 bits per heavy atom. The van der Waals surface area contributed by atoms with Crippen molar-refractivity contribution in [2.24, 2.45) is 11.3 Å². The van der Waals surface area contributed by atoms with Gasteiger partial charge in [-0.2, -0.15) is 0 Å². The van der Waals surface area contributed by atoms with Crippen LogP contribution in [0.5, 0.6) is 0 Å². The van der Waals surface area contributed by atoms with Gasteiger partial charge in [0.2, 0.25) is 0 Å². The fourth-order valence-electron chi connectivity index (χ4n) is 2.74. The van der Waals surface area contributed by atoms with Gasteiger partial charge >= 0.3 is 5.97 Å². The number of likely N-dealkylation sites (tertiary alicyclic amines) is 1. The molecule has 21 heavy (non-hydrogen) atoms. The van der Waals surface area contributed by atoms with Gasteiger partial charge in [0.1, 0.15) is 0 Å². The van der Waals surface area contributed by atoms with Gasteiger partial charge in [-0.15, -0.1) is 0 Å². The third kappa shape index (κ3) is 2.50. The van der Waals surface area contributed by atoms with E-state index in [2.05, 4.69) is 0 Å². The first kappa shape index (κ1) is 15.4. The van der Waals surface area contributed by atoms with Gasteiger partial charge in [-0.1, -0.05) is 19.9 Å². The van der Waals surface area contributed by atoms with Crippen LogP contribution in [0.25, 0.3) is 0 Å². The number of rotatable bonds is 3. The summed E-state index contributed by atoms with van der Waals surface area (Å²) < 4.78 is 26.9. The summed E-state index contributed by atoms with van der Waals surface area (Å²) >= 11 is 0. The molecule has 4 nitrogen and oxygen atoms in total. The van der Waals surface area contributed by atoms with Crippen LogP contribution in [0.1, 0.15) is 30.6 Å². The van der Waals surface area contributed by atoms with Crippen molar-refractivity contribution in [2.45, 2.75) is 20.3 Å². The first-order valence-electron chi connectivity index (χ1n) is 6.76. The average molecular weight is 297 g/mol.